The van der Waals surface area contributed by atoms with Crippen molar-refractivity contribution in [3.63, 3.8) is 0 Å². The first kappa shape index (κ1) is 20.0. The van der Waals surface area contributed by atoms with Crippen LogP contribution in [0.4, 0.5) is 17.6 Å². The number of hydrogen-bond donors (Lipinski definition) is 1. The normalized spacial score (nSPS) is 19.3. The standard InChI is InChI=1S/C20H14F4N4OS/c1-28-17(29)19(27-18(28)25,13-4-6-26-16(9-13)20(22,23)24)12-2-3-15(21)14(8-12)11-5-7-30-10-11/h2-10H,1H3,(H2,25,27)/t19-/m1/s1. The number of benzene rings is 1. The maximum Gasteiger partial charge on any atom is 0.433 e. The number of carbonyl (C=O) groups is 1. The highest BCUT2D eigenvalue weighted by molar-refractivity contribution is 7.08. The second-order valence-corrected chi connectivity index (χ2v) is 7.46. The van der Waals surface area contributed by atoms with E-state index in [0.29, 0.717) is 5.56 Å². The van der Waals surface area contributed by atoms with Gasteiger partial charge in [-0.15, -0.1) is 0 Å². The van der Waals surface area contributed by atoms with E-state index in [1.54, 1.807) is 16.8 Å². The minimum Gasteiger partial charge on any atom is -0.369 e. The minimum absolute atomic E-state index is 0.0648. The molecule has 30 heavy (non-hydrogen) atoms. The lowest BCUT2D eigenvalue weighted by Crippen LogP contribution is -2.41. The van der Waals surface area contributed by atoms with Crippen LogP contribution < -0.4 is 5.73 Å². The van der Waals surface area contributed by atoms with E-state index >= 15 is 0 Å². The number of aromatic nitrogens is 1. The molecule has 0 aliphatic carbocycles. The Bertz CT molecular complexity index is 1160. The fourth-order valence-corrected chi connectivity index (χ4v) is 4.04. The van der Waals surface area contributed by atoms with E-state index in [1.165, 1.54) is 36.6 Å². The van der Waals surface area contributed by atoms with Gasteiger partial charge < -0.3 is 5.73 Å². The number of likely N-dealkylation sites (N-methyl/N-ethyl adjacent to an activating group) is 1. The molecule has 1 aliphatic rings. The monoisotopic (exact) mass is 434 g/mol. The molecule has 0 saturated heterocycles. The molecule has 1 atom stereocenters. The van der Waals surface area contributed by atoms with Crippen LogP contribution >= 0.6 is 11.3 Å². The molecule has 154 valence electrons. The number of nitrogens with zero attached hydrogens (tertiary/aromatic N) is 3. The summed E-state index contributed by atoms with van der Waals surface area (Å²) in [7, 11) is 1.37. The zero-order valence-corrected chi connectivity index (χ0v) is 16.3. The Morgan fingerprint density at radius 3 is 2.47 bits per heavy atom. The van der Waals surface area contributed by atoms with Crippen molar-refractivity contribution in [1.82, 2.24) is 9.88 Å². The topological polar surface area (TPSA) is 71.6 Å². The predicted octanol–water partition coefficient (Wildman–Crippen LogP) is 4.00. The van der Waals surface area contributed by atoms with E-state index in [9.17, 15) is 22.4 Å². The number of nitrogens with two attached hydrogens (primary N) is 1. The number of hydrogen-bond acceptors (Lipinski definition) is 5. The van der Waals surface area contributed by atoms with Crippen LogP contribution in [0.1, 0.15) is 16.8 Å². The van der Waals surface area contributed by atoms with E-state index < -0.39 is 29.1 Å². The number of thiophene rings is 1. The van der Waals surface area contributed by atoms with Gasteiger partial charge >= 0.3 is 6.18 Å². The van der Waals surface area contributed by atoms with Gasteiger partial charge in [-0.3, -0.25) is 14.7 Å². The largest absolute Gasteiger partial charge is 0.433 e. The summed E-state index contributed by atoms with van der Waals surface area (Å²) in [5.74, 6) is -1.34. The van der Waals surface area contributed by atoms with Gasteiger partial charge in [-0.2, -0.15) is 24.5 Å². The Morgan fingerprint density at radius 2 is 1.87 bits per heavy atom. The number of amides is 1. The van der Waals surface area contributed by atoms with Crippen LogP contribution in [-0.2, 0) is 16.5 Å². The SMILES string of the molecule is CN1C(=O)[C@](c2ccnc(C(F)(F)F)c2)(c2ccc(F)c(-c3ccsc3)c2)N=C1N. The van der Waals surface area contributed by atoms with Crippen LogP contribution in [0.2, 0.25) is 0 Å². The zero-order valence-electron chi connectivity index (χ0n) is 15.4. The molecule has 2 aromatic heterocycles. The number of alkyl halides is 3. The molecule has 0 unspecified atom stereocenters. The Kier molecular flexibility index (Phi) is 4.61. The van der Waals surface area contributed by atoms with Crippen molar-refractivity contribution >= 4 is 23.2 Å². The molecule has 2 N–H and O–H groups in total. The molecule has 5 nitrogen and oxygen atoms in total. The first-order valence-electron chi connectivity index (χ1n) is 8.64. The Labute approximate surface area is 172 Å². The van der Waals surface area contributed by atoms with Crippen LogP contribution in [0.15, 0.2) is 58.3 Å². The summed E-state index contributed by atoms with van der Waals surface area (Å²) < 4.78 is 54.3. The van der Waals surface area contributed by atoms with Crippen molar-refractivity contribution in [2.24, 2.45) is 10.7 Å². The lowest BCUT2D eigenvalue weighted by Gasteiger charge is -2.27. The highest BCUT2D eigenvalue weighted by Crippen LogP contribution is 2.42. The zero-order chi connectivity index (χ0) is 21.7. The summed E-state index contributed by atoms with van der Waals surface area (Å²) >= 11 is 1.36. The molecule has 0 fully saturated rings. The van der Waals surface area contributed by atoms with Gasteiger partial charge in [-0.25, -0.2) is 9.38 Å². The smallest absolute Gasteiger partial charge is 0.369 e. The van der Waals surface area contributed by atoms with Crippen LogP contribution in [-0.4, -0.2) is 28.8 Å². The summed E-state index contributed by atoms with van der Waals surface area (Å²) in [6, 6.07) is 7.64. The third kappa shape index (κ3) is 3.04. The molecule has 3 aromatic rings. The Morgan fingerprint density at radius 1 is 1.13 bits per heavy atom. The van der Waals surface area contributed by atoms with E-state index in [4.69, 9.17) is 5.73 Å². The second kappa shape index (κ2) is 6.91. The number of guanidine groups is 1. The molecule has 1 aromatic carbocycles. The van der Waals surface area contributed by atoms with Crippen molar-refractivity contribution in [1.29, 1.82) is 0 Å². The maximum atomic E-state index is 14.5. The van der Waals surface area contributed by atoms with E-state index in [2.05, 4.69) is 9.98 Å². The van der Waals surface area contributed by atoms with Gasteiger partial charge in [0.2, 0.25) is 0 Å². The summed E-state index contributed by atoms with van der Waals surface area (Å²) in [6.45, 7) is 0. The van der Waals surface area contributed by atoms with E-state index in [1.807, 2.05) is 0 Å². The highest BCUT2D eigenvalue weighted by atomic mass is 32.1. The molecule has 0 radical (unpaired) electrons. The third-order valence-corrected chi connectivity index (χ3v) is 5.61. The summed E-state index contributed by atoms with van der Waals surface area (Å²) in [4.78, 5) is 21.9. The van der Waals surface area contributed by atoms with E-state index in [-0.39, 0.29) is 22.6 Å². The quantitative estimate of drug-likeness (QED) is 0.634. The van der Waals surface area contributed by atoms with Gasteiger partial charge in [0, 0.05) is 18.8 Å². The summed E-state index contributed by atoms with van der Waals surface area (Å²) in [5, 5.41) is 3.49. The number of carbonyl (C=O) groups excluding carboxylic acids is 1. The van der Waals surface area contributed by atoms with Crippen molar-refractivity contribution < 1.29 is 22.4 Å². The van der Waals surface area contributed by atoms with Gasteiger partial charge in [0.1, 0.15) is 11.5 Å². The maximum absolute atomic E-state index is 14.5. The van der Waals surface area contributed by atoms with Crippen molar-refractivity contribution in [3.8, 4) is 11.1 Å². The molecule has 4 rings (SSSR count). The van der Waals surface area contributed by atoms with Gasteiger partial charge in [0.25, 0.3) is 5.91 Å². The molecular weight excluding hydrogens is 420 g/mol. The Balaban J connectivity index is 1.99. The van der Waals surface area contributed by atoms with Gasteiger partial charge in [0.05, 0.1) is 0 Å². The van der Waals surface area contributed by atoms with Crippen molar-refractivity contribution in [3.05, 3.63) is 76.0 Å². The van der Waals surface area contributed by atoms with Crippen LogP contribution in [0, 0.1) is 5.82 Å². The van der Waals surface area contributed by atoms with Gasteiger partial charge in [-0.05, 0) is 57.8 Å². The molecule has 0 bridgehead atoms. The first-order valence-corrected chi connectivity index (χ1v) is 9.58. The van der Waals surface area contributed by atoms with Gasteiger partial charge in [0.15, 0.2) is 11.5 Å². The molecule has 0 saturated carbocycles. The number of aliphatic imine (C=N–C) groups is 1. The first-order chi connectivity index (χ1) is 14.1. The fraction of sp³-hybridized carbons (Fsp3) is 0.150. The number of rotatable bonds is 3. The average Bonchev–Trinajstić information content (AvgIpc) is 3.32. The molecule has 3 heterocycles. The average molecular weight is 434 g/mol. The predicted molar refractivity (Wildman–Crippen MR) is 104 cm³/mol. The minimum atomic E-state index is -4.72. The highest BCUT2D eigenvalue weighted by Gasteiger charge is 2.50. The summed E-state index contributed by atoms with van der Waals surface area (Å²) in [5.41, 5.74) is 3.70. The Hall–Kier alpha value is -3.27. The third-order valence-electron chi connectivity index (χ3n) is 4.92. The van der Waals surface area contributed by atoms with Crippen LogP contribution in [0.5, 0.6) is 0 Å². The molecule has 1 aliphatic heterocycles. The molecule has 10 heteroatoms. The lowest BCUT2D eigenvalue weighted by molar-refractivity contribution is -0.141. The second-order valence-electron chi connectivity index (χ2n) is 6.68. The van der Waals surface area contributed by atoms with Gasteiger partial charge in [-0.1, -0.05) is 6.07 Å². The van der Waals surface area contributed by atoms with E-state index in [0.717, 1.165) is 23.2 Å². The molecular formula is C20H14F4N4OS. The lowest BCUT2D eigenvalue weighted by atomic mass is 9.81. The number of pyridine rings is 1. The van der Waals surface area contributed by atoms with Crippen LogP contribution in [0.25, 0.3) is 11.1 Å². The van der Waals surface area contributed by atoms with Crippen molar-refractivity contribution in [2.75, 3.05) is 7.05 Å². The summed E-state index contributed by atoms with van der Waals surface area (Å²) in [6.07, 6.45) is -3.76. The fourth-order valence-electron chi connectivity index (χ4n) is 3.38. The number of halogens is 4. The molecule has 0 spiro atoms. The van der Waals surface area contributed by atoms with Crippen molar-refractivity contribution in [2.45, 2.75) is 11.7 Å². The molecule has 1 amide bonds. The van der Waals surface area contributed by atoms with Crippen LogP contribution in [0.3, 0.4) is 0 Å².